The van der Waals surface area contributed by atoms with Crippen LogP contribution in [-0.4, -0.2) is 20.7 Å². The SMILES string of the molecule is CCCc1cc(CNc2ncnc(N)c2C(=N)c2ccc3oc(N)nc3c2)ccc1CC. The summed E-state index contributed by atoms with van der Waals surface area (Å²) >= 11 is 0. The first-order valence-corrected chi connectivity index (χ1v) is 10.7. The fourth-order valence-corrected chi connectivity index (χ4v) is 3.85. The van der Waals surface area contributed by atoms with Crippen LogP contribution < -0.4 is 16.8 Å². The van der Waals surface area contributed by atoms with E-state index >= 15 is 0 Å². The lowest BCUT2D eigenvalue weighted by molar-refractivity contribution is 0.626. The summed E-state index contributed by atoms with van der Waals surface area (Å²) in [6.07, 6.45) is 4.59. The summed E-state index contributed by atoms with van der Waals surface area (Å²) < 4.78 is 5.32. The number of nitrogen functional groups attached to an aromatic ring is 2. The summed E-state index contributed by atoms with van der Waals surface area (Å²) in [6, 6.07) is 11.9. The second-order valence-corrected chi connectivity index (χ2v) is 7.65. The van der Waals surface area contributed by atoms with Gasteiger partial charge in [0.05, 0.1) is 11.3 Å². The molecule has 4 aromatic rings. The van der Waals surface area contributed by atoms with Gasteiger partial charge in [-0.3, -0.25) is 5.41 Å². The van der Waals surface area contributed by atoms with Crippen LogP contribution in [0.15, 0.2) is 47.1 Å². The van der Waals surface area contributed by atoms with Gasteiger partial charge in [0.1, 0.15) is 23.5 Å². The lowest BCUT2D eigenvalue weighted by Gasteiger charge is -2.15. The van der Waals surface area contributed by atoms with Crippen LogP contribution in [0.5, 0.6) is 0 Å². The minimum atomic E-state index is 0.0881. The molecule has 0 spiro atoms. The zero-order chi connectivity index (χ0) is 22.7. The smallest absolute Gasteiger partial charge is 0.292 e. The van der Waals surface area contributed by atoms with E-state index in [1.165, 1.54) is 17.5 Å². The second-order valence-electron chi connectivity index (χ2n) is 7.65. The number of aryl methyl sites for hydroxylation is 2. The average molecular weight is 430 g/mol. The van der Waals surface area contributed by atoms with E-state index in [-0.39, 0.29) is 17.5 Å². The lowest BCUT2D eigenvalue weighted by Crippen LogP contribution is -2.14. The van der Waals surface area contributed by atoms with Crippen LogP contribution in [0.25, 0.3) is 11.1 Å². The molecule has 2 aromatic heterocycles. The average Bonchev–Trinajstić information content (AvgIpc) is 3.17. The van der Waals surface area contributed by atoms with Crippen molar-refractivity contribution < 1.29 is 4.42 Å². The van der Waals surface area contributed by atoms with Crippen molar-refractivity contribution in [3.05, 3.63) is 70.5 Å². The Labute approximate surface area is 186 Å². The number of aromatic nitrogens is 3. The Kier molecular flexibility index (Phi) is 6.02. The van der Waals surface area contributed by atoms with Gasteiger partial charge in [-0.05, 0) is 47.7 Å². The van der Waals surface area contributed by atoms with Crippen molar-refractivity contribution in [3.63, 3.8) is 0 Å². The number of nitrogens with two attached hydrogens (primary N) is 2. The quantitative estimate of drug-likeness (QED) is 0.306. The van der Waals surface area contributed by atoms with Gasteiger partial charge in [0.15, 0.2) is 5.58 Å². The first kappa shape index (κ1) is 21.3. The second kappa shape index (κ2) is 9.05. The maximum atomic E-state index is 8.77. The summed E-state index contributed by atoms with van der Waals surface area (Å²) in [7, 11) is 0. The molecule has 8 nitrogen and oxygen atoms in total. The van der Waals surface area contributed by atoms with Gasteiger partial charge in [-0.2, -0.15) is 4.98 Å². The summed E-state index contributed by atoms with van der Waals surface area (Å²) in [4.78, 5) is 12.6. The topological polar surface area (TPSA) is 140 Å². The molecular formula is C24H27N7O. The predicted octanol–water partition coefficient (Wildman–Crippen LogP) is 4.33. The van der Waals surface area contributed by atoms with E-state index in [1.807, 2.05) is 0 Å². The van der Waals surface area contributed by atoms with Gasteiger partial charge in [-0.25, -0.2) is 9.97 Å². The molecule has 0 saturated carbocycles. The molecule has 0 radical (unpaired) electrons. The molecular weight excluding hydrogens is 402 g/mol. The summed E-state index contributed by atoms with van der Waals surface area (Å²) in [5.74, 6) is 0.749. The molecule has 0 saturated heterocycles. The molecule has 0 atom stereocenters. The fourth-order valence-electron chi connectivity index (χ4n) is 3.85. The Bertz CT molecular complexity index is 1280. The Balaban J connectivity index is 1.61. The summed E-state index contributed by atoms with van der Waals surface area (Å²) in [6.45, 7) is 4.94. The highest BCUT2D eigenvalue weighted by atomic mass is 16.4. The molecule has 32 heavy (non-hydrogen) atoms. The van der Waals surface area contributed by atoms with Crippen LogP contribution in [0.1, 0.15) is 48.1 Å². The van der Waals surface area contributed by atoms with E-state index in [0.29, 0.717) is 34.6 Å². The van der Waals surface area contributed by atoms with Crippen LogP contribution in [0.3, 0.4) is 0 Å². The van der Waals surface area contributed by atoms with Crippen molar-refractivity contribution in [2.75, 3.05) is 16.8 Å². The Morgan fingerprint density at radius 2 is 1.91 bits per heavy atom. The zero-order valence-electron chi connectivity index (χ0n) is 18.3. The van der Waals surface area contributed by atoms with Crippen molar-refractivity contribution >= 4 is 34.5 Å². The molecule has 0 amide bonds. The van der Waals surface area contributed by atoms with Gasteiger partial charge >= 0.3 is 0 Å². The number of anilines is 3. The van der Waals surface area contributed by atoms with Gasteiger partial charge in [0.2, 0.25) is 0 Å². The third-order valence-electron chi connectivity index (χ3n) is 5.45. The van der Waals surface area contributed by atoms with Crippen LogP contribution in [-0.2, 0) is 19.4 Å². The highest BCUT2D eigenvalue weighted by Gasteiger charge is 2.17. The largest absolute Gasteiger partial charge is 0.424 e. The molecule has 0 bridgehead atoms. The number of fused-ring (bicyclic) bond motifs is 1. The molecule has 2 aromatic carbocycles. The van der Waals surface area contributed by atoms with E-state index in [4.69, 9.17) is 21.3 Å². The van der Waals surface area contributed by atoms with Crippen LogP contribution >= 0.6 is 0 Å². The molecule has 0 aliphatic heterocycles. The van der Waals surface area contributed by atoms with Gasteiger partial charge in [0.25, 0.3) is 6.01 Å². The monoisotopic (exact) mass is 429 g/mol. The van der Waals surface area contributed by atoms with Crippen LogP contribution in [0, 0.1) is 5.41 Å². The third-order valence-corrected chi connectivity index (χ3v) is 5.45. The maximum absolute atomic E-state index is 8.77. The van der Waals surface area contributed by atoms with Crippen molar-refractivity contribution in [2.45, 2.75) is 39.7 Å². The standard InChI is InChI=1S/C24H27N7O/c1-3-5-16-10-14(6-7-15(16)4-2)12-28-23-20(22(26)29-13-30-23)21(25)17-8-9-19-18(11-17)31-24(27)32-19/h6-11,13,25H,3-5,12H2,1-2H3,(H2,27,31)(H3,26,28,29,30). The highest BCUT2D eigenvalue weighted by Crippen LogP contribution is 2.25. The van der Waals surface area contributed by atoms with Crippen molar-refractivity contribution in [3.8, 4) is 0 Å². The summed E-state index contributed by atoms with van der Waals surface area (Å²) in [5, 5.41) is 12.1. The third kappa shape index (κ3) is 4.25. The molecule has 6 N–H and O–H groups in total. The molecule has 0 aliphatic carbocycles. The van der Waals surface area contributed by atoms with Crippen molar-refractivity contribution in [1.82, 2.24) is 15.0 Å². The molecule has 164 valence electrons. The van der Waals surface area contributed by atoms with Crippen molar-refractivity contribution in [2.24, 2.45) is 0 Å². The zero-order valence-corrected chi connectivity index (χ0v) is 18.3. The molecule has 0 fully saturated rings. The van der Waals surface area contributed by atoms with E-state index in [1.54, 1.807) is 18.2 Å². The number of rotatable bonds is 8. The van der Waals surface area contributed by atoms with Crippen LogP contribution in [0.4, 0.5) is 17.7 Å². The number of benzene rings is 2. The predicted molar refractivity (Wildman–Crippen MR) is 128 cm³/mol. The Morgan fingerprint density at radius 3 is 2.69 bits per heavy atom. The molecule has 2 heterocycles. The minimum absolute atomic E-state index is 0.0881. The Hall–Kier alpha value is -3.94. The normalized spacial score (nSPS) is 11.1. The molecule has 8 heteroatoms. The number of nitrogens with one attached hydrogen (secondary N) is 2. The molecule has 0 unspecified atom stereocenters. The number of hydrogen-bond acceptors (Lipinski definition) is 8. The van der Waals surface area contributed by atoms with Gasteiger partial charge in [-0.15, -0.1) is 0 Å². The van der Waals surface area contributed by atoms with Gasteiger partial charge < -0.3 is 21.2 Å². The lowest BCUT2D eigenvalue weighted by atomic mass is 9.98. The maximum Gasteiger partial charge on any atom is 0.292 e. The van der Waals surface area contributed by atoms with E-state index in [0.717, 1.165) is 24.8 Å². The van der Waals surface area contributed by atoms with E-state index < -0.39 is 0 Å². The molecule has 0 aliphatic rings. The van der Waals surface area contributed by atoms with Gasteiger partial charge in [0, 0.05) is 12.1 Å². The Morgan fingerprint density at radius 1 is 1.06 bits per heavy atom. The minimum Gasteiger partial charge on any atom is -0.424 e. The number of nitrogens with zero attached hydrogens (tertiary/aromatic N) is 3. The van der Waals surface area contributed by atoms with E-state index in [2.05, 4.69) is 52.3 Å². The van der Waals surface area contributed by atoms with Gasteiger partial charge in [-0.1, -0.05) is 38.5 Å². The van der Waals surface area contributed by atoms with Crippen LogP contribution in [0.2, 0.25) is 0 Å². The number of oxazole rings is 1. The summed E-state index contributed by atoms with van der Waals surface area (Å²) in [5.41, 5.74) is 18.1. The first-order chi connectivity index (χ1) is 15.5. The van der Waals surface area contributed by atoms with Crippen molar-refractivity contribution in [1.29, 1.82) is 5.41 Å². The number of hydrogen-bond donors (Lipinski definition) is 4. The van der Waals surface area contributed by atoms with E-state index in [9.17, 15) is 0 Å². The molecule has 4 rings (SSSR count). The fraction of sp³-hybridized carbons (Fsp3) is 0.250. The highest BCUT2D eigenvalue weighted by molar-refractivity contribution is 6.17. The first-order valence-electron chi connectivity index (χ1n) is 10.7.